The van der Waals surface area contributed by atoms with E-state index >= 15 is 0 Å². The summed E-state index contributed by atoms with van der Waals surface area (Å²) in [5.74, 6) is -0.133. The second-order valence-corrected chi connectivity index (χ2v) is 6.20. The Hall–Kier alpha value is -3.15. The molecule has 1 N–H and O–H groups in total. The van der Waals surface area contributed by atoms with Crippen molar-refractivity contribution in [3.05, 3.63) is 59.7 Å². The normalized spacial score (nSPS) is 16.3. The van der Waals surface area contributed by atoms with E-state index in [9.17, 15) is 19.5 Å². The quantitative estimate of drug-likeness (QED) is 0.833. The molecule has 6 nitrogen and oxygen atoms in total. The number of carbonyl (C=O) groups excluding carboxylic acids is 2. The first kappa shape index (κ1) is 17.7. The second kappa shape index (κ2) is 7.39. The molecule has 0 saturated carbocycles. The Morgan fingerprint density at radius 1 is 0.962 bits per heavy atom. The van der Waals surface area contributed by atoms with Gasteiger partial charge in [-0.3, -0.25) is 9.59 Å². The van der Waals surface area contributed by atoms with E-state index in [-0.39, 0.29) is 11.7 Å². The Balaban J connectivity index is 1.69. The summed E-state index contributed by atoms with van der Waals surface area (Å²) >= 11 is 0. The van der Waals surface area contributed by atoms with Gasteiger partial charge in [-0.05, 0) is 68.3 Å². The molecule has 1 fully saturated rings. The standard InChI is InChI=1S/C20H19NO5/c1-13(22)14-4-8-16(9-5-14)26-17-10-6-15(7-11-17)19(23)21-12-2-3-18(21)20(24)25/h4-11,18H,2-3,12H2,1H3,(H,24,25)/t18-/m0/s1. The first-order chi connectivity index (χ1) is 12.5. The molecule has 1 saturated heterocycles. The van der Waals surface area contributed by atoms with Crippen LogP contribution in [0.3, 0.4) is 0 Å². The zero-order valence-electron chi connectivity index (χ0n) is 14.3. The van der Waals surface area contributed by atoms with E-state index < -0.39 is 12.0 Å². The SMILES string of the molecule is CC(=O)c1ccc(Oc2ccc(C(=O)N3CCC[C@H]3C(=O)O)cc2)cc1. The zero-order chi connectivity index (χ0) is 18.7. The Bertz CT molecular complexity index is 826. The number of benzene rings is 2. The third-order valence-corrected chi connectivity index (χ3v) is 4.40. The predicted molar refractivity (Wildman–Crippen MR) is 94.7 cm³/mol. The van der Waals surface area contributed by atoms with Gasteiger partial charge in [0.25, 0.3) is 5.91 Å². The molecule has 1 heterocycles. The lowest BCUT2D eigenvalue weighted by Crippen LogP contribution is -2.40. The Morgan fingerprint density at radius 3 is 2.00 bits per heavy atom. The fraction of sp³-hybridized carbons (Fsp3) is 0.250. The highest BCUT2D eigenvalue weighted by molar-refractivity contribution is 5.97. The smallest absolute Gasteiger partial charge is 0.326 e. The topological polar surface area (TPSA) is 83.9 Å². The molecule has 0 spiro atoms. The van der Waals surface area contributed by atoms with Crippen molar-refractivity contribution in [1.82, 2.24) is 4.90 Å². The lowest BCUT2D eigenvalue weighted by atomic mass is 10.1. The fourth-order valence-electron chi connectivity index (χ4n) is 2.99. The molecule has 3 rings (SSSR count). The number of hydrogen-bond donors (Lipinski definition) is 1. The molecule has 2 aromatic rings. The van der Waals surface area contributed by atoms with Gasteiger partial charge in [-0.1, -0.05) is 0 Å². The van der Waals surface area contributed by atoms with E-state index in [1.165, 1.54) is 11.8 Å². The summed E-state index contributed by atoms with van der Waals surface area (Å²) in [5, 5.41) is 9.21. The summed E-state index contributed by atoms with van der Waals surface area (Å²) in [5.41, 5.74) is 1.04. The van der Waals surface area contributed by atoms with Crippen LogP contribution in [0.25, 0.3) is 0 Å². The van der Waals surface area contributed by atoms with Crippen LogP contribution in [0.5, 0.6) is 11.5 Å². The molecule has 0 aromatic heterocycles. The maximum absolute atomic E-state index is 12.5. The average molecular weight is 353 g/mol. The van der Waals surface area contributed by atoms with Crippen LogP contribution in [0.1, 0.15) is 40.5 Å². The first-order valence-corrected chi connectivity index (χ1v) is 8.38. The minimum atomic E-state index is -0.968. The van der Waals surface area contributed by atoms with Gasteiger partial charge in [0.05, 0.1) is 0 Å². The molecule has 0 radical (unpaired) electrons. The first-order valence-electron chi connectivity index (χ1n) is 8.38. The number of aliphatic carboxylic acids is 1. The van der Waals surface area contributed by atoms with Gasteiger partial charge in [-0.25, -0.2) is 4.79 Å². The van der Waals surface area contributed by atoms with Crippen LogP contribution in [0.2, 0.25) is 0 Å². The van der Waals surface area contributed by atoms with Crippen LogP contribution in [0.4, 0.5) is 0 Å². The largest absolute Gasteiger partial charge is 0.480 e. The third-order valence-electron chi connectivity index (χ3n) is 4.40. The number of carboxylic acid groups (broad SMARTS) is 1. The molecule has 0 aliphatic carbocycles. The van der Waals surface area contributed by atoms with Gasteiger partial charge < -0.3 is 14.7 Å². The van der Waals surface area contributed by atoms with Crippen LogP contribution >= 0.6 is 0 Å². The number of carbonyl (C=O) groups is 3. The molecule has 2 aromatic carbocycles. The molecule has 26 heavy (non-hydrogen) atoms. The number of Topliss-reactive ketones (excluding diaryl/α,β-unsaturated/α-hetero) is 1. The summed E-state index contributed by atoms with van der Waals surface area (Å²) in [6.07, 6.45) is 1.18. The molecular formula is C20H19NO5. The van der Waals surface area contributed by atoms with E-state index in [0.29, 0.717) is 42.0 Å². The lowest BCUT2D eigenvalue weighted by Gasteiger charge is -2.21. The van der Waals surface area contributed by atoms with Crippen molar-refractivity contribution in [2.45, 2.75) is 25.8 Å². The van der Waals surface area contributed by atoms with Crippen molar-refractivity contribution in [2.75, 3.05) is 6.54 Å². The lowest BCUT2D eigenvalue weighted by molar-refractivity contribution is -0.141. The minimum Gasteiger partial charge on any atom is -0.480 e. The van der Waals surface area contributed by atoms with E-state index in [0.717, 1.165) is 0 Å². The number of likely N-dealkylation sites (tertiary alicyclic amines) is 1. The zero-order valence-corrected chi connectivity index (χ0v) is 14.3. The Labute approximate surface area is 151 Å². The molecule has 1 amide bonds. The van der Waals surface area contributed by atoms with Gasteiger partial charge in [-0.15, -0.1) is 0 Å². The summed E-state index contributed by atoms with van der Waals surface area (Å²) < 4.78 is 5.70. The van der Waals surface area contributed by atoms with Gasteiger partial charge in [-0.2, -0.15) is 0 Å². The van der Waals surface area contributed by atoms with Gasteiger partial charge in [0, 0.05) is 17.7 Å². The van der Waals surface area contributed by atoms with E-state index in [2.05, 4.69) is 0 Å². The van der Waals surface area contributed by atoms with Crippen molar-refractivity contribution in [3.63, 3.8) is 0 Å². The fourth-order valence-corrected chi connectivity index (χ4v) is 2.99. The van der Waals surface area contributed by atoms with Crippen molar-refractivity contribution in [3.8, 4) is 11.5 Å². The second-order valence-electron chi connectivity index (χ2n) is 6.20. The van der Waals surface area contributed by atoms with Crippen LogP contribution in [-0.2, 0) is 4.79 Å². The summed E-state index contributed by atoms with van der Waals surface area (Å²) in [6, 6.07) is 12.6. The molecule has 1 aliphatic rings. The third kappa shape index (κ3) is 3.74. The predicted octanol–water partition coefficient (Wildman–Crippen LogP) is 3.37. The highest BCUT2D eigenvalue weighted by Gasteiger charge is 2.34. The van der Waals surface area contributed by atoms with Crippen LogP contribution in [0.15, 0.2) is 48.5 Å². The van der Waals surface area contributed by atoms with Crippen LogP contribution in [-0.4, -0.2) is 40.3 Å². The summed E-state index contributed by atoms with van der Waals surface area (Å²) in [6.45, 7) is 1.96. The number of nitrogens with zero attached hydrogens (tertiary/aromatic N) is 1. The number of rotatable bonds is 5. The van der Waals surface area contributed by atoms with E-state index in [4.69, 9.17) is 4.74 Å². The number of amides is 1. The molecule has 134 valence electrons. The maximum atomic E-state index is 12.5. The molecule has 6 heteroatoms. The van der Waals surface area contributed by atoms with E-state index in [1.807, 2.05) is 0 Å². The monoisotopic (exact) mass is 353 g/mol. The maximum Gasteiger partial charge on any atom is 0.326 e. The Morgan fingerprint density at radius 2 is 1.50 bits per heavy atom. The number of carboxylic acids is 1. The number of ether oxygens (including phenoxy) is 1. The molecule has 1 aliphatic heterocycles. The molecule has 0 unspecified atom stereocenters. The van der Waals surface area contributed by atoms with Crippen LogP contribution in [0, 0.1) is 0 Å². The van der Waals surface area contributed by atoms with Crippen molar-refractivity contribution in [1.29, 1.82) is 0 Å². The molecular weight excluding hydrogens is 334 g/mol. The number of hydrogen-bond acceptors (Lipinski definition) is 4. The average Bonchev–Trinajstić information content (AvgIpc) is 3.12. The Kier molecular flexibility index (Phi) is 5.02. The van der Waals surface area contributed by atoms with Gasteiger partial charge in [0.2, 0.25) is 0 Å². The van der Waals surface area contributed by atoms with Crippen molar-refractivity contribution < 1.29 is 24.2 Å². The number of ketones is 1. The van der Waals surface area contributed by atoms with Gasteiger partial charge in [0.15, 0.2) is 5.78 Å². The summed E-state index contributed by atoms with van der Waals surface area (Å²) in [7, 11) is 0. The van der Waals surface area contributed by atoms with Crippen LogP contribution < -0.4 is 4.74 Å². The highest BCUT2D eigenvalue weighted by Crippen LogP contribution is 2.24. The summed E-state index contributed by atoms with van der Waals surface area (Å²) in [4.78, 5) is 36.4. The molecule has 1 atom stereocenters. The van der Waals surface area contributed by atoms with Gasteiger partial charge >= 0.3 is 5.97 Å². The van der Waals surface area contributed by atoms with Crippen molar-refractivity contribution >= 4 is 17.7 Å². The van der Waals surface area contributed by atoms with E-state index in [1.54, 1.807) is 48.5 Å². The highest BCUT2D eigenvalue weighted by atomic mass is 16.5. The minimum absolute atomic E-state index is 0.0130. The van der Waals surface area contributed by atoms with Gasteiger partial charge in [0.1, 0.15) is 17.5 Å². The molecule has 0 bridgehead atoms. The van der Waals surface area contributed by atoms with Crippen molar-refractivity contribution in [2.24, 2.45) is 0 Å².